The molecule has 0 atom stereocenters. The van der Waals surface area contributed by atoms with E-state index >= 15 is 0 Å². The molecule has 0 radical (unpaired) electrons. The maximum absolute atomic E-state index is 13.3. The summed E-state index contributed by atoms with van der Waals surface area (Å²) in [6.45, 7) is 11.7. The van der Waals surface area contributed by atoms with Crippen LogP contribution in [0, 0.1) is 0 Å². The van der Waals surface area contributed by atoms with Crippen LogP contribution >= 0.6 is 0 Å². The van der Waals surface area contributed by atoms with Gasteiger partial charge in [0.05, 0.1) is 0 Å². The fourth-order valence-corrected chi connectivity index (χ4v) is 3.90. The van der Waals surface area contributed by atoms with E-state index in [1.807, 2.05) is 4.90 Å². The molecule has 1 saturated heterocycles. The predicted octanol–water partition coefficient (Wildman–Crippen LogP) is 5.03. The Kier molecular flexibility index (Phi) is 12.5. The van der Waals surface area contributed by atoms with Crippen LogP contribution in [-0.2, 0) is 9.59 Å². The topological polar surface area (TPSA) is 61.4 Å². The maximum Gasteiger partial charge on any atom is 0.254 e. The van der Waals surface area contributed by atoms with Crippen LogP contribution in [0.4, 0.5) is 0 Å². The zero-order valence-electron chi connectivity index (χ0n) is 19.1. The van der Waals surface area contributed by atoms with E-state index in [0.717, 1.165) is 89.4 Å². The first-order chi connectivity index (χ1) is 14.0. The average Bonchev–Trinajstić information content (AvgIpc) is 2.99. The highest BCUT2D eigenvalue weighted by Gasteiger charge is 2.47. The van der Waals surface area contributed by atoms with E-state index < -0.39 is 5.54 Å². The van der Waals surface area contributed by atoms with Crippen molar-refractivity contribution in [3.63, 3.8) is 0 Å². The second-order valence-corrected chi connectivity index (χ2v) is 8.26. The highest BCUT2D eigenvalue weighted by molar-refractivity contribution is 5.90. The molecule has 1 fully saturated rings. The van der Waals surface area contributed by atoms with Gasteiger partial charge in [0.1, 0.15) is 5.54 Å². The number of rotatable bonds is 16. The third kappa shape index (κ3) is 8.26. The molecule has 5 heteroatoms. The zero-order chi connectivity index (χ0) is 21.5. The molecule has 0 aliphatic carbocycles. The quantitative estimate of drug-likeness (QED) is 0.280. The van der Waals surface area contributed by atoms with Crippen molar-refractivity contribution in [2.75, 3.05) is 13.1 Å². The van der Waals surface area contributed by atoms with Gasteiger partial charge in [0.2, 0.25) is 5.91 Å². The molecular formula is C24H43N3O2. The molecular weight excluding hydrogens is 362 g/mol. The zero-order valence-corrected chi connectivity index (χ0v) is 19.1. The summed E-state index contributed by atoms with van der Waals surface area (Å²) in [7, 11) is 0. The molecule has 1 heterocycles. The minimum atomic E-state index is -0.474. The van der Waals surface area contributed by atoms with E-state index in [0.29, 0.717) is 13.0 Å². The van der Waals surface area contributed by atoms with E-state index in [2.05, 4.69) is 43.7 Å². The van der Waals surface area contributed by atoms with Crippen LogP contribution < -0.4 is 10.6 Å². The lowest BCUT2D eigenvalue weighted by molar-refractivity contribution is -0.132. The summed E-state index contributed by atoms with van der Waals surface area (Å²) in [5, 5.41) is 6.48. The number of nitrogens with one attached hydrogen (secondary N) is 2. The van der Waals surface area contributed by atoms with Crippen molar-refractivity contribution in [3.8, 4) is 0 Å². The largest absolute Gasteiger partial charge is 0.356 e. The van der Waals surface area contributed by atoms with E-state index in [4.69, 9.17) is 0 Å². The number of carbonyl (C=O) groups is 2. The van der Waals surface area contributed by atoms with Crippen molar-refractivity contribution >= 4 is 11.8 Å². The first-order valence-electron chi connectivity index (χ1n) is 11.8. The van der Waals surface area contributed by atoms with Gasteiger partial charge < -0.3 is 10.6 Å². The fraction of sp³-hybridized carbons (Fsp3) is 0.792. The summed E-state index contributed by atoms with van der Waals surface area (Å²) >= 11 is 0. The third-order valence-electron chi connectivity index (χ3n) is 5.75. The van der Waals surface area contributed by atoms with Gasteiger partial charge in [-0.25, -0.2) is 0 Å². The van der Waals surface area contributed by atoms with Crippen molar-refractivity contribution in [3.05, 3.63) is 18.1 Å². The SMILES string of the molecule is C=C=C1NC(CCCC)(CCCC)C(=O)N1CCCCCNC(=O)CCCCC. The molecule has 0 unspecified atom stereocenters. The second-order valence-electron chi connectivity index (χ2n) is 8.26. The average molecular weight is 406 g/mol. The molecule has 166 valence electrons. The van der Waals surface area contributed by atoms with Crippen LogP contribution in [0.5, 0.6) is 0 Å². The molecule has 2 amide bonds. The Morgan fingerprint density at radius 2 is 1.66 bits per heavy atom. The van der Waals surface area contributed by atoms with Gasteiger partial charge in [-0.2, -0.15) is 0 Å². The van der Waals surface area contributed by atoms with Crippen LogP contribution in [-0.4, -0.2) is 35.3 Å². The molecule has 0 aromatic heterocycles. The normalized spacial score (nSPS) is 15.3. The molecule has 29 heavy (non-hydrogen) atoms. The Balaban J connectivity index is 2.45. The standard InChI is InChI=1S/C24H43N3O2/c1-5-9-13-16-22(28)25-19-14-12-15-20-27-21(8-4)26-24(23(27)29,17-10-6-2)18-11-7-3/h26H,4-7,9-20H2,1-3H3,(H,25,28). The molecule has 0 aromatic rings. The van der Waals surface area contributed by atoms with E-state index in [1.54, 1.807) is 0 Å². The van der Waals surface area contributed by atoms with Gasteiger partial charge in [-0.3, -0.25) is 14.5 Å². The number of hydrogen-bond donors (Lipinski definition) is 2. The van der Waals surface area contributed by atoms with Crippen molar-refractivity contribution in [2.24, 2.45) is 0 Å². The lowest BCUT2D eigenvalue weighted by Crippen LogP contribution is -2.46. The Morgan fingerprint density at radius 3 is 2.24 bits per heavy atom. The van der Waals surface area contributed by atoms with Crippen molar-refractivity contribution < 1.29 is 9.59 Å². The van der Waals surface area contributed by atoms with Gasteiger partial charge in [-0.15, -0.1) is 0 Å². The van der Waals surface area contributed by atoms with Crippen LogP contribution in [0.25, 0.3) is 0 Å². The summed E-state index contributed by atoms with van der Waals surface area (Å²) in [6.07, 6.45) is 12.7. The summed E-state index contributed by atoms with van der Waals surface area (Å²) in [5.74, 6) is 1.09. The molecule has 5 nitrogen and oxygen atoms in total. The second kappa shape index (κ2) is 14.3. The van der Waals surface area contributed by atoms with Crippen LogP contribution in [0.2, 0.25) is 0 Å². The lowest BCUT2D eigenvalue weighted by atomic mass is 9.87. The highest BCUT2D eigenvalue weighted by Crippen LogP contribution is 2.32. The minimum Gasteiger partial charge on any atom is -0.356 e. The van der Waals surface area contributed by atoms with Gasteiger partial charge in [0.15, 0.2) is 5.82 Å². The maximum atomic E-state index is 13.3. The first kappa shape index (κ1) is 25.3. The number of unbranched alkanes of at least 4 members (excludes halogenated alkanes) is 6. The predicted molar refractivity (Wildman–Crippen MR) is 120 cm³/mol. The van der Waals surface area contributed by atoms with Crippen molar-refractivity contribution in [2.45, 2.75) is 110 Å². The molecule has 2 N–H and O–H groups in total. The smallest absolute Gasteiger partial charge is 0.254 e. The van der Waals surface area contributed by atoms with Crippen LogP contribution in [0.3, 0.4) is 0 Å². The molecule has 0 spiro atoms. The van der Waals surface area contributed by atoms with Crippen LogP contribution in [0.1, 0.15) is 104 Å². The molecule has 0 saturated carbocycles. The summed E-state index contributed by atoms with van der Waals surface area (Å²) in [6, 6.07) is 0. The van der Waals surface area contributed by atoms with Crippen LogP contribution in [0.15, 0.2) is 18.1 Å². The Bertz CT molecular complexity index is 544. The van der Waals surface area contributed by atoms with E-state index in [9.17, 15) is 9.59 Å². The van der Waals surface area contributed by atoms with E-state index in [1.165, 1.54) is 0 Å². The number of carbonyl (C=O) groups excluding carboxylic acids is 2. The molecule has 0 aromatic carbocycles. The minimum absolute atomic E-state index is 0.158. The molecule has 1 aliphatic rings. The number of nitrogens with zero attached hydrogens (tertiary/aromatic N) is 1. The summed E-state index contributed by atoms with van der Waals surface area (Å²) in [4.78, 5) is 26.8. The van der Waals surface area contributed by atoms with Crippen molar-refractivity contribution in [1.29, 1.82) is 0 Å². The number of amides is 2. The Hall–Kier alpha value is -1.74. The monoisotopic (exact) mass is 405 g/mol. The molecule has 1 aliphatic heterocycles. The summed E-state index contributed by atoms with van der Waals surface area (Å²) in [5.41, 5.74) is 2.47. The number of hydrogen-bond acceptors (Lipinski definition) is 3. The van der Waals surface area contributed by atoms with Gasteiger partial charge in [-0.05, 0) is 38.5 Å². The Labute approximate surface area is 178 Å². The van der Waals surface area contributed by atoms with Gasteiger partial charge in [0, 0.05) is 19.5 Å². The van der Waals surface area contributed by atoms with E-state index in [-0.39, 0.29) is 11.8 Å². The van der Waals surface area contributed by atoms with Gasteiger partial charge in [0.25, 0.3) is 5.91 Å². The van der Waals surface area contributed by atoms with Gasteiger partial charge in [-0.1, -0.05) is 71.6 Å². The third-order valence-corrected chi connectivity index (χ3v) is 5.75. The first-order valence-corrected chi connectivity index (χ1v) is 11.8. The highest BCUT2D eigenvalue weighted by atomic mass is 16.2. The van der Waals surface area contributed by atoms with Crippen molar-refractivity contribution in [1.82, 2.24) is 15.5 Å². The fourth-order valence-electron chi connectivity index (χ4n) is 3.90. The molecule has 0 bridgehead atoms. The molecule has 1 rings (SSSR count). The van der Waals surface area contributed by atoms with Gasteiger partial charge >= 0.3 is 0 Å². The Morgan fingerprint density at radius 1 is 1.00 bits per heavy atom. The lowest BCUT2D eigenvalue weighted by Gasteiger charge is -2.27. The summed E-state index contributed by atoms with van der Waals surface area (Å²) < 4.78 is 0.